The van der Waals surface area contributed by atoms with Gasteiger partial charge in [-0.05, 0) is 49.1 Å². The Morgan fingerprint density at radius 1 is 1.00 bits per heavy atom. The van der Waals surface area contributed by atoms with E-state index in [-0.39, 0.29) is 29.4 Å². The minimum Gasteiger partial charge on any atom is -0.344 e. The molecule has 6 nitrogen and oxygen atoms in total. The molecule has 0 spiro atoms. The van der Waals surface area contributed by atoms with Crippen molar-refractivity contribution in [3.63, 3.8) is 0 Å². The average molecular weight is 422 g/mol. The lowest BCUT2D eigenvalue weighted by Gasteiger charge is -2.26. The molecule has 0 radical (unpaired) electrons. The standard InChI is InChI=1S/C22H35N3O3S/c1-14(2)19(20(26)15(3)4)25-22(28)18(11-12-29-6)24-21(27)17-9-7-16(8-10-17)13-23-5/h7-10,14-15,18-19,23H,11-13H2,1-6H3,(H,24,27)(H,25,28). The van der Waals surface area contributed by atoms with E-state index < -0.39 is 12.1 Å². The van der Waals surface area contributed by atoms with Crippen LogP contribution in [-0.4, -0.2) is 48.7 Å². The highest BCUT2D eigenvalue weighted by Gasteiger charge is 2.29. The molecule has 1 rings (SSSR count). The molecule has 0 aliphatic carbocycles. The number of carbonyl (C=O) groups is 3. The van der Waals surface area contributed by atoms with Gasteiger partial charge in [-0.2, -0.15) is 11.8 Å². The number of carbonyl (C=O) groups excluding carboxylic acids is 3. The van der Waals surface area contributed by atoms with Crippen LogP contribution in [-0.2, 0) is 16.1 Å². The quantitative estimate of drug-likeness (QED) is 0.483. The number of nitrogens with one attached hydrogen (secondary N) is 3. The molecule has 162 valence electrons. The molecule has 0 heterocycles. The highest BCUT2D eigenvalue weighted by atomic mass is 32.2. The van der Waals surface area contributed by atoms with Gasteiger partial charge in [0.05, 0.1) is 6.04 Å². The molecule has 3 N–H and O–H groups in total. The molecule has 2 unspecified atom stereocenters. The highest BCUT2D eigenvalue weighted by molar-refractivity contribution is 7.98. The number of ketones is 1. The topological polar surface area (TPSA) is 87.3 Å². The summed E-state index contributed by atoms with van der Waals surface area (Å²) < 4.78 is 0. The molecule has 0 saturated carbocycles. The molecular weight excluding hydrogens is 386 g/mol. The van der Waals surface area contributed by atoms with Crippen molar-refractivity contribution >= 4 is 29.4 Å². The van der Waals surface area contributed by atoms with Crippen LogP contribution in [0, 0.1) is 11.8 Å². The van der Waals surface area contributed by atoms with Crippen LogP contribution in [0.15, 0.2) is 24.3 Å². The predicted molar refractivity (Wildman–Crippen MR) is 120 cm³/mol. The van der Waals surface area contributed by atoms with Crippen LogP contribution < -0.4 is 16.0 Å². The summed E-state index contributed by atoms with van der Waals surface area (Å²) in [6.07, 6.45) is 2.45. The molecule has 2 atom stereocenters. The Hall–Kier alpha value is -1.86. The second kappa shape index (κ2) is 12.6. The van der Waals surface area contributed by atoms with Crippen molar-refractivity contribution in [2.45, 2.75) is 52.7 Å². The second-order valence-corrected chi connectivity index (χ2v) is 8.81. The Labute approximate surface area is 179 Å². The molecular formula is C22H35N3O3S. The third kappa shape index (κ3) is 8.19. The normalized spacial score (nSPS) is 13.2. The first kappa shape index (κ1) is 25.2. The summed E-state index contributed by atoms with van der Waals surface area (Å²) in [5.74, 6) is -0.0679. The lowest BCUT2D eigenvalue weighted by molar-refractivity contribution is -0.131. The lowest BCUT2D eigenvalue weighted by Crippen LogP contribution is -2.54. The van der Waals surface area contributed by atoms with E-state index in [4.69, 9.17) is 0 Å². The number of thioether (sulfide) groups is 1. The largest absolute Gasteiger partial charge is 0.344 e. The van der Waals surface area contributed by atoms with Crippen LogP contribution >= 0.6 is 11.8 Å². The van der Waals surface area contributed by atoms with Gasteiger partial charge in [0, 0.05) is 18.0 Å². The zero-order valence-corrected chi connectivity index (χ0v) is 19.2. The van der Waals surface area contributed by atoms with Gasteiger partial charge in [-0.1, -0.05) is 39.8 Å². The fourth-order valence-electron chi connectivity index (χ4n) is 2.90. The van der Waals surface area contributed by atoms with Gasteiger partial charge in [0.1, 0.15) is 6.04 Å². The molecule has 7 heteroatoms. The van der Waals surface area contributed by atoms with E-state index in [0.29, 0.717) is 12.0 Å². The fourth-order valence-corrected chi connectivity index (χ4v) is 3.37. The number of benzene rings is 1. The third-order valence-electron chi connectivity index (χ3n) is 4.67. The minimum absolute atomic E-state index is 0.00316. The lowest BCUT2D eigenvalue weighted by atomic mass is 9.92. The Kier molecular flexibility index (Phi) is 11.0. The molecule has 0 bridgehead atoms. The van der Waals surface area contributed by atoms with Crippen molar-refractivity contribution < 1.29 is 14.4 Å². The molecule has 0 fully saturated rings. The van der Waals surface area contributed by atoms with Crippen molar-refractivity contribution in [1.29, 1.82) is 0 Å². The second-order valence-electron chi connectivity index (χ2n) is 7.82. The fraction of sp³-hybridized carbons (Fsp3) is 0.591. The van der Waals surface area contributed by atoms with Gasteiger partial charge in [-0.15, -0.1) is 0 Å². The molecule has 1 aromatic rings. The van der Waals surface area contributed by atoms with Crippen molar-refractivity contribution in [3.8, 4) is 0 Å². The van der Waals surface area contributed by atoms with Crippen molar-refractivity contribution in [1.82, 2.24) is 16.0 Å². The Balaban J connectivity index is 2.90. The summed E-state index contributed by atoms with van der Waals surface area (Å²) >= 11 is 1.61. The molecule has 0 saturated heterocycles. The Morgan fingerprint density at radius 2 is 1.62 bits per heavy atom. The maximum Gasteiger partial charge on any atom is 0.251 e. The molecule has 29 heavy (non-hydrogen) atoms. The molecule has 0 aromatic heterocycles. The minimum atomic E-state index is -0.687. The first-order valence-corrected chi connectivity index (χ1v) is 11.5. The van der Waals surface area contributed by atoms with E-state index in [1.807, 2.05) is 53.1 Å². The van der Waals surface area contributed by atoms with E-state index in [9.17, 15) is 14.4 Å². The van der Waals surface area contributed by atoms with E-state index in [0.717, 1.165) is 17.9 Å². The van der Waals surface area contributed by atoms with E-state index >= 15 is 0 Å². The van der Waals surface area contributed by atoms with Crippen LogP contribution in [0.25, 0.3) is 0 Å². The number of hydrogen-bond donors (Lipinski definition) is 3. The zero-order valence-electron chi connectivity index (χ0n) is 18.4. The summed E-state index contributed by atoms with van der Waals surface area (Å²) in [6.45, 7) is 8.20. The summed E-state index contributed by atoms with van der Waals surface area (Å²) in [6, 6.07) is 6.04. The SMILES string of the molecule is CNCc1ccc(C(=O)NC(CCSC)C(=O)NC(C(=O)C(C)C)C(C)C)cc1. The Morgan fingerprint density at radius 3 is 2.10 bits per heavy atom. The molecule has 2 amide bonds. The maximum absolute atomic E-state index is 12.9. The summed E-state index contributed by atoms with van der Waals surface area (Å²) in [7, 11) is 1.87. The van der Waals surface area contributed by atoms with Crippen molar-refractivity contribution in [2.75, 3.05) is 19.1 Å². The number of rotatable bonds is 12. The van der Waals surface area contributed by atoms with Crippen molar-refractivity contribution in [2.24, 2.45) is 11.8 Å². The molecule has 0 aliphatic rings. The van der Waals surface area contributed by atoms with Crippen LogP contribution in [0.5, 0.6) is 0 Å². The summed E-state index contributed by atoms with van der Waals surface area (Å²) in [5.41, 5.74) is 1.58. The summed E-state index contributed by atoms with van der Waals surface area (Å²) in [5, 5.41) is 8.77. The Bertz CT molecular complexity index is 674. The van der Waals surface area contributed by atoms with Gasteiger partial charge >= 0.3 is 0 Å². The van der Waals surface area contributed by atoms with Gasteiger partial charge in [0.15, 0.2) is 5.78 Å². The van der Waals surface area contributed by atoms with Gasteiger partial charge in [-0.25, -0.2) is 0 Å². The maximum atomic E-state index is 12.9. The van der Waals surface area contributed by atoms with Gasteiger partial charge in [-0.3, -0.25) is 14.4 Å². The first-order valence-electron chi connectivity index (χ1n) is 10.1. The van der Waals surface area contributed by atoms with E-state index in [1.54, 1.807) is 23.9 Å². The van der Waals surface area contributed by atoms with Crippen LogP contribution in [0.2, 0.25) is 0 Å². The number of Topliss-reactive ketones (excluding diaryl/α,β-unsaturated/α-hetero) is 1. The van der Waals surface area contributed by atoms with Crippen molar-refractivity contribution in [3.05, 3.63) is 35.4 Å². The van der Waals surface area contributed by atoms with Gasteiger partial charge in [0.25, 0.3) is 5.91 Å². The highest BCUT2D eigenvalue weighted by Crippen LogP contribution is 2.11. The van der Waals surface area contributed by atoms with Crippen LogP contribution in [0.4, 0.5) is 0 Å². The average Bonchev–Trinajstić information content (AvgIpc) is 2.68. The molecule has 1 aromatic carbocycles. The zero-order chi connectivity index (χ0) is 22.0. The third-order valence-corrected chi connectivity index (χ3v) is 5.31. The molecule has 0 aliphatic heterocycles. The van der Waals surface area contributed by atoms with Gasteiger partial charge in [0.2, 0.25) is 5.91 Å². The number of amides is 2. The van der Waals surface area contributed by atoms with Crippen LogP contribution in [0.1, 0.15) is 50.0 Å². The monoisotopic (exact) mass is 421 g/mol. The first-order chi connectivity index (χ1) is 13.7. The predicted octanol–water partition coefficient (Wildman–Crippen LogP) is 2.62. The summed E-state index contributed by atoms with van der Waals surface area (Å²) in [4.78, 5) is 38.0. The number of hydrogen-bond acceptors (Lipinski definition) is 5. The van der Waals surface area contributed by atoms with Gasteiger partial charge < -0.3 is 16.0 Å². The van der Waals surface area contributed by atoms with E-state index in [2.05, 4.69) is 16.0 Å². The smallest absolute Gasteiger partial charge is 0.251 e. The van der Waals surface area contributed by atoms with Crippen LogP contribution in [0.3, 0.4) is 0 Å². The van der Waals surface area contributed by atoms with E-state index in [1.165, 1.54) is 0 Å².